The van der Waals surface area contributed by atoms with E-state index in [0.717, 1.165) is 23.3 Å². The fourth-order valence-corrected chi connectivity index (χ4v) is 3.38. The van der Waals surface area contributed by atoms with Crippen LogP contribution in [0.4, 0.5) is 32.0 Å². The molecule has 2 aromatic rings. The van der Waals surface area contributed by atoms with Gasteiger partial charge in [0, 0.05) is 17.7 Å². The molecule has 0 spiro atoms. The molecule has 0 radical (unpaired) electrons. The summed E-state index contributed by atoms with van der Waals surface area (Å²) in [6, 6.07) is 8.79. The Hall–Kier alpha value is -2.55. The number of benzene rings is 2. The SMILES string of the molecule is Cc1ccc2c(c1)CCC(=O)N2Cc1ccc(C(O)(C(F)(F)F)C(F)(F)F)cc1. The number of hydrogen-bond acceptors (Lipinski definition) is 2. The lowest BCUT2D eigenvalue weighted by Crippen LogP contribution is -2.53. The molecule has 0 bridgehead atoms. The number of aliphatic hydroxyl groups is 1. The number of fused-ring (bicyclic) bond motifs is 1. The van der Waals surface area contributed by atoms with Gasteiger partial charge in [0.2, 0.25) is 5.91 Å². The first-order valence-corrected chi connectivity index (χ1v) is 8.70. The third kappa shape index (κ3) is 3.71. The predicted molar refractivity (Wildman–Crippen MR) is 93.1 cm³/mol. The highest BCUT2D eigenvalue weighted by Gasteiger charge is 2.71. The Balaban J connectivity index is 1.91. The summed E-state index contributed by atoms with van der Waals surface area (Å²) in [6.45, 7) is 1.90. The van der Waals surface area contributed by atoms with Crippen molar-refractivity contribution < 1.29 is 36.2 Å². The number of carbonyl (C=O) groups is 1. The van der Waals surface area contributed by atoms with Gasteiger partial charge < -0.3 is 10.0 Å². The Labute approximate surface area is 162 Å². The lowest BCUT2D eigenvalue weighted by molar-refractivity contribution is -0.376. The standard InChI is InChI=1S/C20H17F6NO2/c1-12-2-8-16-14(10-12)5-9-17(28)27(16)11-13-3-6-15(7-4-13)18(29,19(21,22)23)20(24,25)26/h2-4,6-8,10,29H,5,9,11H2,1H3. The fraction of sp³-hybridized carbons (Fsp3) is 0.350. The summed E-state index contributed by atoms with van der Waals surface area (Å²) in [6.07, 6.45) is -11.1. The van der Waals surface area contributed by atoms with Gasteiger partial charge in [-0.25, -0.2) is 0 Å². The minimum Gasteiger partial charge on any atom is -0.369 e. The first-order chi connectivity index (χ1) is 13.3. The van der Waals surface area contributed by atoms with Gasteiger partial charge in [-0.3, -0.25) is 4.79 Å². The summed E-state index contributed by atoms with van der Waals surface area (Å²) in [5.41, 5.74) is -3.34. The van der Waals surface area contributed by atoms with E-state index in [4.69, 9.17) is 0 Å². The monoisotopic (exact) mass is 417 g/mol. The molecule has 3 nitrogen and oxygen atoms in total. The lowest BCUT2D eigenvalue weighted by atomic mass is 9.91. The number of alkyl halides is 6. The topological polar surface area (TPSA) is 40.5 Å². The van der Waals surface area contributed by atoms with E-state index in [2.05, 4.69) is 0 Å². The van der Waals surface area contributed by atoms with Crippen LogP contribution in [0, 0.1) is 6.92 Å². The molecule has 0 unspecified atom stereocenters. The van der Waals surface area contributed by atoms with Crippen molar-refractivity contribution in [1.82, 2.24) is 0 Å². The number of anilines is 1. The number of nitrogens with zero attached hydrogens (tertiary/aromatic N) is 1. The van der Waals surface area contributed by atoms with Gasteiger partial charge in [0.1, 0.15) is 0 Å². The minimum atomic E-state index is -5.94. The molecule has 1 aliphatic heterocycles. The maximum absolute atomic E-state index is 13.0. The number of halogens is 6. The average molecular weight is 417 g/mol. The second-order valence-corrected chi connectivity index (χ2v) is 7.01. The highest BCUT2D eigenvalue weighted by molar-refractivity contribution is 5.96. The molecule has 0 fully saturated rings. The van der Waals surface area contributed by atoms with E-state index in [9.17, 15) is 36.2 Å². The molecule has 29 heavy (non-hydrogen) atoms. The van der Waals surface area contributed by atoms with Crippen LogP contribution in [0.1, 0.15) is 28.7 Å². The van der Waals surface area contributed by atoms with Gasteiger partial charge in [-0.05, 0) is 30.5 Å². The van der Waals surface area contributed by atoms with E-state index >= 15 is 0 Å². The Morgan fingerprint density at radius 2 is 1.52 bits per heavy atom. The molecule has 0 atom stereocenters. The molecule has 1 N–H and O–H groups in total. The van der Waals surface area contributed by atoms with E-state index in [1.54, 1.807) is 6.07 Å². The predicted octanol–water partition coefficient (Wildman–Crippen LogP) is 4.79. The molecular weight excluding hydrogens is 400 g/mol. The van der Waals surface area contributed by atoms with E-state index < -0.39 is 23.5 Å². The van der Waals surface area contributed by atoms with Crippen LogP contribution in [0.2, 0.25) is 0 Å². The van der Waals surface area contributed by atoms with Crippen molar-refractivity contribution in [3.8, 4) is 0 Å². The minimum absolute atomic E-state index is 0.00830. The van der Waals surface area contributed by atoms with E-state index in [1.165, 1.54) is 4.90 Å². The first-order valence-electron chi connectivity index (χ1n) is 8.70. The summed E-state index contributed by atoms with van der Waals surface area (Å²) in [5, 5.41) is 9.45. The fourth-order valence-electron chi connectivity index (χ4n) is 3.38. The van der Waals surface area contributed by atoms with E-state index in [-0.39, 0.29) is 18.9 Å². The third-order valence-electron chi connectivity index (χ3n) is 4.97. The number of rotatable bonds is 3. The van der Waals surface area contributed by atoms with Crippen molar-refractivity contribution in [2.75, 3.05) is 4.90 Å². The molecule has 1 aliphatic rings. The summed E-state index contributed by atoms with van der Waals surface area (Å²) in [7, 11) is 0. The Bertz CT molecular complexity index is 904. The number of hydrogen-bond donors (Lipinski definition) is 1. The molecule has 1 heterocycles. The van der Waals surface area contributed by atoms with Crippen LogP contribution in [0.15, 0.2) is 42.5 Å². The maximum atomic E-state index is 13.0. The second-order valence-electron chi connectivity index (χ2n) is 7.01. The Morgan fingerprint density at radius 1 is 0.931 bits per heavy atom. The zero-order chi connectivity index (χ0) is 21.6. The molecule has 0 aromatic heterocycles. The molecule has 9 heteroatoms. The molecule has 156 valence electrons. The van der Waals surface area contributed by atoms with Crippen LogP contribution in [-0.4, -0.2) is 23.4 Å². The zero-order valence-electron chi connectivity index (χ0n) is 15.2. The van der Waals surface area contributed by atoms with Crippen LogP contribution < -0.4 is 4.90 Å². The molecule has 3 rings (SSSR count). The second kappa shape index (κ2) is 7.05. The number of carbonyl (C=O) groups excluding carboxylic acids is 1. The Morgan fingerprint density at radius 3 is 2.07 bits per heavy atom. The third-order valence-corrected chi connectivity index (χ3v) is 4.97. The van der Waals surface area contributed by atoms with Gasteiger partial charge in [-0.15, -0.1) is 0 Å². The van der Waals surface area contributed by atoms with Crippen LogP contribution in [0.3, 0.4) is 0 Å². The highest BCUT2D eigenvalue weighted by atomic mass is 19.4. The summed E-state index contributed by atoms with van der Waals surface area (Å²) < 4.78 is 77.9. The molecule has 0 saturated heterocycles. The largest absolute Gasteiger partial charge is 0.430 e. The number of aryl methyl sites for hydroxylation is 2. The summed E-state index contributed by atoms with van der Waals surface area (Å²) >= 11 is 0. The van der Waals surface area contributed by atoms with Crippen LogP contribution in [-0.2, 0) is 23.4 Å². The van der Waals surface area contributed by atoms with Crippen molar-refractivity contribution in [1.29, 1.82) is 0 Å². The summed E-state index contributed by atoms with van der Waals surface area (Å²) in [4.78, 5) is 13.8. The molecule has 0 saturated carbocycles. The van der Waals surface area contributed by atoms with Crippen LogP contribution in [0.5, 0.6) is 0 Å². The normalized spacial score (nSPS) is 15.4. The average Bonchev–Trinajstić information content (AvgIpc) is 2.62. The van der Waals surface area contributed by atoms with Crippen molar-refractivity contribution in [2.45, 2.75) is 44.3 Å². The van der Waals surface area contributed by atoms with E-state index in [1.807, 2.05) is 19.1 Å². The van der Waals surface area contributed by atoms with Gasteiger partial charge in [0.05, 0.1) is 6.54 Å². The van der Waals surface area contributed by atoms with E-state index in [0.29, 0.717) is 29.8 Å². The first kappa shape index (κ1) is 21.2. The Kier molecular flexibility index (Phi) is 5.15. The maximum Gasteiger partial charge on any atom is 0.430 e. The lowest BCUT2D eigenvalue weighted by Gasteiger charge is -2.33. The van der Waals surface area contributed by atoms with Gasteiger partial charge >= 0.3 is 12.4 Å². The van der Waals surface area contributed by atoms with Crippen molar-refractivity contribution in [2.24, 2.45) is 0 Å². The molecular formula is C20H17F6NO2. The van der Waals surface area contributed by atoms with Crippen LogP contribution >= 0.6 is 0 Å². The van der Waals surface area contributed by atoms with Crippen molar-refractivity contribution in [3.05, 3.63) is 64.7 Å². The van der Waals surface area contributed by atoms with Crippen LogP contribution in [0.25, 0.3) is 0 Å². The van der Waals surface area contributed by atoms with Gasteiger partial charge in [-0.2, -0.15) is 26.3 Å². The molecule has 1 amide bonds. The van der Waals surface area contributed by atoms with Gasteiger partial charge in [0.25, 0.3) is 5.60 Å². The van der Waals surface area contributed by atoms with Crippen molar-refractivity contribution in [3.63, 3.8) is 0 Å². The summed E-state index contributed by atoms with van der Waals surface area (Å²) in [5.74, 6) is -0.187. The van der Waals surface area contributed by atoms with Gasteiger partial charge in [-0.1, -0.05) is 42.0 Å². The smallest absolute Gasteiger partial charge is 0.369 e. The quantitative estimate of drug-likeness (QED) is 0.730. The molecule has 0 aliphatic carbocycles. The zero-order valence-corrected chi connectivity index (χ0v) is 15.2. The van der Waals surface area contributed by atoms with Gasteiger partial charge in [0.15, 0.2) is 0 Å². The highest BCUT2D eigenvalue weighted by Crippen LogP contribution is 2.50. The number of amides is 1. The molecule has 2 aromatic carbocycles. The van der Waals surface area contributed by atoms with Crippen molar-refractivity contribution >= 4 is 11.6 Å².